The zero-order valence-electron chi connectivity index (χ0n) is 11.8. The lowest BCUT2D eigenvalue weighted by atomic mass is 9.97. The van der Waals surface area contributed by atoms with Gasteiger partial charge in [0.2, 0.25) is 0 Å². The first-order valence-corrected chi connectivity index (χ1v) is 7.25. The predicted molar refractivity (Wildman–Crippen MR) is 73.4 cm³/mol. The molecule has 0 spiro atoms. The summed E-state index contributed by atoms with van der Waals surface area (Å²) in [6.45, 7) is 5.04. The van der Waals surface area contributed by atoms with Gasteiger partial charge in [-0.2, -0.15) is 0 Å². The van der Waals surface area contributed by atoms with Crippen molar-refractivity contribution in [2.45, 2.75) is 71.4 Å². The number of carbonyl (C=O) groups is 1. The molecule has 0 saturated carbocycles. The van der Waals surface area contributed by atoms with Crippen molar-refractivity contribution in [2.24, 2.45) is 5.92 Å². The van der Waals surface area contributed by atoms with Gasteiger partial charge in [0.15, 0.2) is 0 Å². The van der Waals surface area contributed by atoms with Gasteiger partial charge >= 0.3 is 5.97 Å². The molecule has 0 amide bonds. The van der Waals surface area contributed by atoms with E-state index < -0.39 is 12.2 Å². The van der Waals surface area contributed by atoms with Crippen LogP contribution < -0.4 is 5.32 Å². The van der Waals surface area contributed by atoms with Crippen molar-refractivity contribution in [1.82, 2.24) is 5.32 Å². The summed E-state index contributed by atoms with van der Waals surface area (Å²) in [7, 11) is 0. The first kappa shape index (κ1) is 17.4. The van der Waals surface area contributed by atoms with E-state index >= 15 is 0 Å². The van der Waals surface area contributed by atoms with Gasteiger partial charge in [-0.15, -0.1) is 0 Å². The predicted octanol–water partition coefficient (Wildman–Crippen LogP) is 2.76. The summed E-state index contributed by atoms with van der Waals surface area (Å²) < 4.78 is 0. The highest BCUT2D eigenvalue weighted by atomic mass is 16.4. The Morgan fingerprint density at radius 3 is 2.44 bits per heavy atom. The maximum absolute atomic E-state index is 10.3. The van der Waals surface area contributed by atoms with Crippen LogP contribution in [0.2, 0.25) is 0 Å². The molecule has 0 aliphatic heterocycles. The second kappa shape index (κ2) is 11.5. The molecule has 0 radical (unpaired) electrons. The van der Waals surface area contributed by atoms with E-state index in [0.717, 1.165) is 45.1 Å². The highest BCUT2D eigenvalue weighted by Gasteiger charge is 2.15. The van der Waals surface area contributed by atoms with Crippen molar-refractivity contribution in [3.05, 3.63) is 0 Å². The molecule has 0 aromatic heterocycles. The molecule has 4 heteroatoms. The molecule has 3 N–H and O–H groups in total. The van der Waals surface area contributed by atoms with Crippen molar-refractivity contribution in [3.8, 4) is 0 Å². The van der Waals surface area contributed by atoms with Gasteiger partial charge < -0.3 is 10.2 Å². The molecule has 108 valence electrons. The number of rotatable bonds is 12. The van der Waals surface area contributed by atoms with E-state index in [1.807, 2.05) is 0 Å². The largest absolute Gasteiger partial charge is 0.481 e. The smallest absolute Gasteiger partial charge is 0.303 e. The summed E-state index contributed by atoms with van der Waals surface area (Å²) in [6.07, 6.45) is 6.77. The minimum atomic E-state index is -0.728. The summed E-state index contributed by atoms with van der Waals surface area (Å²) in [5.74, 6) is -0.391. The lowest BCUT2D eigenvalue weighted by molar-refractivity contribution is -0.137. The van der Waals surface area contributed by atoms with Crippen LogP contribution in [0.3, 0.4) is 0 Å². The van der Waals surface area contributed by atoms with Gasteiger partial charge in [-0.05, 0) is 38.1 Å². The topological polar surface area (TPSA) is 69.6 Å². The van der Waals surface area contributed by atoms with E-state index in [1.165, 1.54) is 6.42 Å². The van der Waals surface area contributed by atoms with Crippen LogP contribution in [0.15, 0.2) is 0 Å². The number of hydrogen-bond donors (Lipinski definition) is 3. The van der Waals surface area contributed by atoms with Crippen LogP contribution in [-0.2, 0) is 4.79 Å². The van der Waals surface area contributed by atoms with Gasteiger partial charge in [-0.25, -0.2) is 0 Å². The maximum Gasteiger partial charge on any atom is 0.303 e. The highest BCUT2D eigenvalue weighted by Crippen LogP contribution is 2.15. The second-order valence-corrected chi connectivity index (χ2v) is 4.91. The minimum absolute atomic E-state index is 0.247. The van der Waals surface area contributed by atoms with Crippen LogP contribution in [0.4, 0.5) is 0 Å². The van der Waals surface area contributed by atoms with Gasteiger partial charge in [0.05, 0.1) is 0 Å². The number of carboxylic acid groups (broad SMARTS) is 1. The molecule has 0 aromatic rings. The van der Waals surface area contributed by atoms with E-state index in [0.29, 0.717) is 5.92 Å². The molecule has 4 nitrogen and oxygen atoms in total. The number of aliphatic hydroxyl groups is 1. The van der Waals surface area contributed by atoms with Crippen molar-refractivity contribution < 1.29 is 15.0 Å². The molecular weight excluding hydrogens is 230 g/mol. The molecular formula is C14H29NO3. The van der Waals surface area contributed by atoms with Crippen molar-refractivity contribution >= 4 is 5.97 Å². The van der Waals surface area contributed by atoms with Crippen LogP contribution in [0.1, 0.15) is 65.2 Å². The molecule has 0 aromatic carbocycles. The van der Waals surface area contributed by atoms with Gasteiger partial charge in [-0.3, -0.25) is 10.1 Å². The van der Waals surface area contributed by atoms with Gasteiger partial charge in [0.25, 0.3) is 0 Å². The third-order valence-corrected chi connectivity index (χ3v) is 3.32. The summed E-state index contributed by atoms with van der Waals surface area (Å²) in [6, 6.07) is 0. The third kappa shape index (κ3) is 9.42. The summed E-state index contributed by atoms with van der Waals surface area (Å²) in [5.41, 5.74) is 0. The zero-order valence-corrected chi connectivity index (χ0v) is 11.8. The normalized spacial score (nSPS) is 14.4. The number of nitrogens with one attached hydrogen (secondary N) is 1. The Labute approximate surface area is 111 Å². The van der Waals surface area contributed by atoms with Crippen LogP contribution >= 0.6 is 0 Å². The number of carboxylic acids is 1. The van der Waals surface area contributed by atoms with E-state index in [2.05, 4.69) is 19.2 Å². The number of hydrogen-bond acceptors (Lipinski definition) is 3. The quantitative estimate of drug-likeness (QED) is 0.372. The Bertz CT molecular complexity index is 209. The molecule has 0 rings (SSSR count). The Kier molecular flexibility index (Phi) is 11.1. The number of aliphatic hydroxyl groups excluding tert-OH is 1. The van der Waals surface area contributed by atoms with Gasteiger partial charge in [-0.1, -0.05) is 33.1 Å². The minimum Gasteiger partial charge on any atom is -0.481 e. The van der Waals surface area contributed by atoms with Crippen molar-refractivity contribution in [3.63, 3.8) is 0 Å². The van der Waals surface area contributed by atoms with Crippen molar-refractivity contribution in [1.29, 1.82) is 0 Å². The van der Waals surface area contributed by atoms with Crippen LogP contribution in [0, 0.1) is 5.92 Å². The lowest BCUT2D eigenvalue weighted by Gasteiger charge is -2.22. The lowest BCUT2D eigenvalue weighted by Crippen LogP contribution is -2.36. The van der Waals surface area contributed by atoms with E-state index in [-0.39, 0.29) is 6.42 Å². The number of aliphatic carboxylic acids is 1. The second-order valence-electron chi connectivity index (χ2n) is 4.91. The summed E-state index contributed by atoms with van der Waals surface area (Å²) in [5, 5.41) is 21.6. The zero-order chi connectivity index (χ0) is 13.8. The maximum atomic E-state index is 10.3. The molecule has 0 aliphatic rings. The molecule has 0 saturated heterocycles. The van der Waals surface area contributed by atoms with E-state index in [4.69, 9.17) is 5.11 Å². The monoisotopic (exact) mass is 259 g/mol. The molecule has 18 heavy (non-hydrogen) atoms. The number of unbranched alkanes of at least 4 members (excludes halogenated alkanes) is 3. The molecule has 0 heterocycles. The fraction of sp³-hybridized carbons (Fsp3) is 0.929. The van der Waals surface area contributed by atoms with E-state index in [1.54, 1.807) is 0 Å². The first-order valence-electron chi connectivity index (χ1n) is 7.25. The summed E-state index contributed by atoms with van der Waals surface area (Å²) in [4.78, 5) is 10.3. The molecule has 2 atom stereocenters. The Balaban J connectivity index is 3.54. The Hall–Kier alpha value is -0.610. The summed E-state index contributed by atoms with van der Waals surface area (Å²) >= 11 is 0. The van der Waals surface area contributed by atoms with E-state index in [9.17, 15) is 9.90 Å². The average Bonchev–Trinajstić information content (AvgIpc) is 2.34. The van der Waals surface area contributed by atoms with Crippen LogP contribution in [-0.4, -0.2) is 29.0 Å². The van der Waals surface area contributed by atoms with Gasteiger partial charge in [0.1, 0.15) is 6.23 Å². The molecule has 2 unspecified atom stereocenters. The molecule has 0 aliphatic carbocycles. The fourth-order valence-corrected chi connectivity index (χ4v) is 2.05. The van der Waals surface area contributed by atoms with Crippen LogP contribution in [0.25, 0.3) is 0 Å². The third-order valence-electron chi connectivity index (χ3n) is 3.32. The fourth-order valence-electron chi connectivity index (χ4n) is 2.05. The molecule has 0 fully saturated rings. The average molecular weight is 259 g/mol. The standard InChI is InChI=1S/C14H29NO3/c1-3-5-9-12(4-2)14(18)15-11-8-6-7-10-13(16)17/h12,14-15,18H,3-11H2,1-2H3,(H,16,17). The SMILES string of the molecule is CCCCC(CC)C(O)NCCCCCC(=O)O. The highest BCUT2D eigenvalue weighted by molar-refractivity contribution is 5.66. The first-order chi connectivity index (χ1) is 8.61. The Morgan fingerprint density at radius 1 is 1.17 bits per heavy atom. The molecule has 0 bridgehead atoms. The van der Waals surface area contributed by atoms with Gasteiger partial charge in [0, 0.05) is 6.42 Å². The van der Waals surface area contributed by atoms with Crippen molar-refractivity contribution in [2.75, 3.05) is 6.54 Å². The Morgan fingerprint density at radius 2 is 1.89 bits per heavy atom. The van der Waals surface area contributed by atoms with Crippen LogP contribution in [0.5, 0.6) is 0 Å².